The quantitative estimate of drug-likeness (QED) is 0.0222. The molecule has 0 saturated heterocycles. The van der Waals surface area contributed by atoms with Crippen LogP contribution in [0.25, 0.3) is 0 Å². The zero-order valence-electron chi connectivity index (χ0n) is 63.7. The summed E-state index contributed by atoms with van der Waals surface area (Å²) in [7, 11) is -9.92. The van der Waals surface area contributed by atoms with Crippen molar-refractivity contribution >= 4 is 39.5 Å². The van der Waals surface area contributed by atoms with Crippen LogP contribution in [0.1, 0.15) is 396 Å². The number of carbonyl (C=O) groups is 4. The topological polar surface area (TPSA) is 237 Å². The second-order valence-corrected chi connectivity index (χ2v) is 32.2. The first kappa shape index (κ1) is 95.1. The average Bonchev–Trinajstić information content (AvgIpc) is 1.04. The van der Waals surface area contributed by atoms with Gasteiger partial charge in [-0.3, -0.25) is 37.3 Å². The third kappa shape index (κ3) is 68.3. The van der Waals surface area contributed by atoms with E-state index in [9.17, 15) is 43.2 Å². The molecule has 576 valence electrons. The summed E-state index contributed by atoms with van der Waals surface area (Å²) >= 11 is 0. The van der Waals surface area contributed by atoms with E-state index in [0.717, 1.165) is 120 Å². The number of phosphoric ester groups is 2. The summed E-state index contributed by atoms with van der Waals surface area (Å²) < 4.78 is 68.6. The van der Waals surface area contributed by atoms with Crippen molar-refractivity contribution in [1.29, 1.82) is 0 Å². The van der Waals surface area contributed by atoms with Crippen molar-refractivity contribution in [3.05, 3.63) is 0 Å². The van der Waals surface area contributed by atoms with E-state index in [1.54, 1.807) is 0 Å². The first-order chi connectivity index (χ1) is 46.7. The number of hydrogen-bond donors (Lipinski definition) is 3. The third-order valence-electron chi connectivity index (χ3n) is 19.2. The molecule has 0 rings (SSSR count). The number of ether oxygens (including phenoxy) is 4. The number of aliphatic hydroxyl groups excluding tert-OH is 1. The second kappa shape index (κ2) is 67.2. The maximum Gasteiger partial charge on any atom is 0.472 e. The highest BCUT2D eigenvalue weighted by Gasteiger charge is 2.30. The van der Waals surface area contributed by atoms with E-state index >= 15 is 0 Å². The molecule has 0 spiro atoms. The van der Waals surface area contributed by atoms with Gasteiger partial charge in [0.05, 0.1) is 26.4 Å². The summed E-state index contributed by atoms with van der Waals surface area (Å²) in [6.45, 7) is 14.2. The van der Waals surface area contributed by atoms with Gasteiger partial charge in [-0.1, -0.05) is 344 Å². The minimum absolute atomic E-state index is 0.104. The van der Waals surface area contributed by atoms with Gasteiger partial charge in [-0.2, -0.15) is 0 Å². The second-order valence-electron chi connectivity index (χ2n) is 29.3. The largest absolute Gasteiger partial charge is 0.472 e. The Morgan fingerprint density at radius 2 is 0.495 bits per heavy atom. The molecule has 0 saturated carbocycles. The Morgan fingerprint density at radius 3 is 0.732 bits per heavy atom. The molecule has 5 unspecified atom stereocenters. The summed E-state index contributed by atoms with van der Waals surface area (Å²) in [6, 6.07) is 0. The van der Waals surface area contributed by atoms with Gasteiger partial charge in [0, 0.05) is 25.7 Å². The van der Waals surface area contributed by atoms with Gasteiger partial charge in [-0.05, 0) is 49.4 Å². The Kier molecular flexibility index (Phi) is 65.9. The van der Waals surface area contributed by atoms with Gasteiger partial charge in [-0.15, -0.1) is 0 Å². The standard InChI is InChI=1S/C78H152O17P2/c1-9-69(6)55-47-39-31-25-22-23-26-33-42-50-58-75(80)88-64-73(95-78(83)61-53-45-35-29-28-32-40-48-56-70(7)10-2)66-92-96(84,85)90-62-72(79)63-91-97(86,87)93-67-74(65-89-76(81)59-51-43-37-36-41-49-57-71(8)11-3)94-77(82)60-52-44-34-27-21-19-17-15-13-12-14-16-18-20-24-30-38-46-54-68(4)5/h68-74,79H,9-67H2,1-8H3,(H,84,85)(H,86,87)/t69?,70?,71?,72-,73-,74-/m1/s1. The Hall–Kier alpha value is -1.94. The van der Waals surface area contributed by atoms with Crippen molar-refractivity contribution in [2.45, 2.75) is 414 Å². The fourth-order valence-corrected chi connectivity index (χ4v) is 13.4. The first-order valence-corrected chi connectivity index (χ1v) is 43.3. The van der Waals surface area contributed by atoms with E-state index in [1.165, 1.54) is 193 Å². The van der Waals surface area contributed by atoms with Gasteiger partial charge in [0.25, 0.3) is 0 Å². The van der Waals surface area contributed by atoms with Crippen LogP contribution in [0, 0.1) is 23.7 Å². The molecule has 0 fully saturated rings. The maximum absolute atomic E-state index is 13.1. The molecule has 0 aromatic heterocycles. The monoisotopic (exact) mass is 1420 g/mol. The van der Waals surface area contributed by atoms with Gasteiger partial charge < -0.3 is 33.8 Å². The summed E-state index contributed by atoms with van der Waals surface area (Å²) in [6.07, 6.45) is 52.7. The van der Waals surface area contributed by atoms with Crippen LogP contribution in [0.4, 0.5) is 0 Å². The minimum atomic E-state index is -4.96. The van der Waals surface area contributed by atoms with E-state index in [2.05, 4.69) is 55.4 Å². The smallest absolute Gasteiger partial charge is 0.462 e. The van der Waals surface area contributed by atoms with Crippen molar-refractivity contribution in [3.8, 4) is 0 Å². The number of phosphoric acid groups is 2. The van der Waals surface area contributed by atoms with E-state index in [0.29, 0.717) is 25.7 Å². The van der Waals surface area contributed by atoms with Crippen LogP contribution < -0.4 is 0 Å². The predicted octanol–water partition coefficient (Wildman–Crippen LogP) is 22.8. The molecule has 0 aliphatic carbocycles. The average molecular weight is 1420 g/mol. The number of esters is 4. The predicted molar refractivity (Wildman–Crippen MR) is 395 cm³/mol. The van der Waals surface area contributed by atoms with E-state index < -0.39 is 97.5 Å². The molecule has 0 aromatic rings. The van der Waals surface area contributed by atoms with Crippen molar-refractivity contribution in [2.75, 3.05) is 39.6 Å². The molecule has 19 heteroatoms. The lowest BCUT2D eigenvalue weighted by Crippen LogP contribution is -2.30. The molecule has 0 radical (unpaired) electrons. The fourth-order valence-electron chi connectivity index (χ4n) is 11.8. The Bertz CT molecular complexity index is 1910. The summed E-state index contributed by atoms with van der Waals surface area (Å²) in [4.78, 5) is 72.9. The highest BCUT2D eigenvalue weighted by atomic mass is 31.2. The number of hydrogen-bond acceptors (Lipinski definition) is 15. The van der Waals surface area contributed by atoms with Crippen LogP contribution in [0.2, 0.25) is 0 Å². The normalized spacial score (nSPS) is 14.9. The fraction of sp³-hybridized carbons (Fsp3) is 0.949. The van der Waals surface area contributed by atoms with Crippen LogP contribution in [-0.4, -0.2) is 96.7 Å². The van der Waals surface area contributed by atoms with E-state index in [4.69, 9.17) is 37.0 Å². The first-order valence-electron chi connectivity index (χ1n) is 40.3. The zero-order valence-corrected chi connectivity index (χ0v) is 65.5. The number of carbonyl (C=O) groups excluding carboxylic acids is 4. The Balaban J connectivity index is 5.20. The van der Waals surface area contributed by atoms with Crippen molar-refractivity contribution in [1.82, 2.24) is 0 Å². The summed E-state index contributed by atoms with van der Waals surface area (Å²) in [5.74, 6) is 1.01. The molecule has 8 atom stereocenters. The molecule has 0 aromatic carbocycles. The molecule has 97 heavy (non-hydrogen) atoms. The molecular formula is C78H152O17P2. The SMILES string of the molecule is CCC(C)CCCCCCCCCCCCC(=O)OC[C@H](COP(=O)(O)OC[C@@H](O)COP(=O)(O)OC[C@@H](COC(=O)CCCCCCCCC(C)CC)OC(=O)CCCCCCCCCCCCCCCCCCCCC(C)C)OC(=O)CCCCCCCCCCC(C)CC. The maximum atomic E-state index is 13.1. The zero-order chi connectivity index (χ0) is 71.7. The lowest BCUT2D eigenvalue weighted by atomic mass is 9.99. The van der Waals surface area contributed by atoms with Crippen LogP contribution >= 0.6 is 15.6 Å². The lowest BCUT2D eigenvalue weighted by molar-refractivity contribution is -0.161. The van der Waals surface area contributed by atoms with Gasteiger partial charge in [0.2, 0.25) is 0 Å². The molecule has 0 aliphatic rings. The number of unbranched alkanes of at least 4 members (excludes halogenated alkanes) is 38. The van der Waals surface area contributed by atoms with Crippen LogP contribution in [0.3, 0.4) is 0 Å². The van der Waals surface area contributed by atoms with Crippen LogP contribution in [0.5, 0.6) is 0 Å². The highest BCUT2D eigenvalue weighted by Crippen LogP contribution is 2.45. The Morgan fingerprint density at radius 1 is 0.289 bits per heavy atom. The van der Waals surface area contributed by atoms with E-state index in [-0.39, 0.29) is 25.7 Å². The van der Waals surface area contributed by atoms with Gasteiger partial charge in [-0.25, -0.2) is 9.13 Å². The lowest BCUT2D eigenvalue weighted by Gasteiger charge is -2.21. The molecular weight excluding hydrogens is 1270 g/mol. The van der Waals surface area contributed by atoms with Crippen LogP contribution in [0.15, 0.2) is 0 Å². The third-order valence-corrected chi connectivity index (χ3v) is 21.1. The summed E-state index contributed by atoms with van der Waals surface area (Å²) in [5.41, 5.74) is 0. The summed E-state index contributed by atoms with van der Waals surface area (Å²) in [5, 5.41) is 10.6. The van der Waals surface area contributed by atoms with Gasteiger partial charge in [0.15, 0.2) is 12.2 Å². The van der Waals surface area contributed by atoms with Crippen LogP contribution in [-0.2, 0) is 65.4 Å². The molecule has 3 N–H and O–H groups in total. The van der Waals surface area contributed by atoms with Gasteiger partial charge in [0.1, 0.15) is 19.3 Å². The van der Waals surface area contributed by atoms with Crippen molar-refractivity contribution in [3.63, 3.8) is 0 Å². The molecule has 0 bridgehead atoms. The van der Waals surface area contributed by atoms with Gasteiger partial charge >= 0.3 is 39.5 Å². The molecule has 0 amide bonds. The molecule has 0 aliphatic heterocycles. The molecule has 17 nitrogen and oxygen atoms in total. The molecule has 0 heterocycles. The van der Waals surface area contributed by atoms with Crippen molar-refractivity contribution < 1.29 is 80.2 Å². The highest BCUT2D eigenvalue weighted by molar-refractivity contribution is 7.47. The number of rotatable bonds is 75. The minimum Gasteiger partial charge on any atom is -0.462 e. The van der Waals surface area contributed by atoms with Crippen molar-refractivity contribution in [2.24, 2.45) is 23.7 Å². The van der Waals surface area contributed by atoms with E-state index in [1.807, 2.05) is 0 Å². The number of aliphatic hydroxyl groups is 1. The Labute approximate surface area is 594 Å².